The van der Waals surface area contributed by atoms with Crippen LogP contribution in [0.3, 0.4) is 0 Å². The summed E-state index contributed by atoms with van der Waals surface area (Å²) in [5, 5.41) is 5.02. The van der Waals surface area contributed by atoms with Gasteiger partial charge in [-0.05, 0) is 137 Å². The molecule has 0 aromatic heterocycles. The van der Waals surface area contributed by atoms with Gasteiger partial charge in [0.15, 0.2) is 0 Å². The maximum absolute atomic E-state index is 2.54. The van der Waals surface area contributed by atoms with Crippen LogP contribution in [-0.4, -0.2) is 0 Å². The molecule has 0 saturated carbocycles. The Labute approximate surface area is 421 Å². The lowest BCUT2D eigenvalue weighted by Gasteiger charge is -2.35. The molecule has 12 aromatic carbocycles. The van der Waals surface area contributed by atoms with E-state index in [1.807, 2.05) is 0 Å². The van der Waals surface area contributed by atoms with Crippen LogP contribution >= 0.6 is 0 Å². The maximum atomic E-state index is 2.54. The third kappa shape index (κ3) is 6.07. The van der Waals surface area contributed by atoms with Crippen LogP contribution in [0, 0.1) is 0 Å². The quantitative estimate of drug-likeness (QED) is 0.137. The van der Waals surface area contributed by atoms with Gasteiger partial charge in [0.25, 0.3) is 0 Å². The maximum Gasteiger partial charge on any atom is 0.0714 e. The smallest absolute Gasteiger partial charge is 0.0714 e. The lowest BCUT2D eigenvalue weighted by Crippen LogP contribution is -2.28. The van der Waals surface area contributed by atoms with Crippen molar-refractivity contribution in [3.63, 3.8) is 0 Å². The fourth-order valence-electron chi connectivity index (χ4n) is 12.9. The molecule has 0 saturated heterocycles. The summed E-state index contributed by atoms with van der Waals surface area (Å²) in [6, 6.07) is 104. The number of hydrogen-bond donors (Lipinski definition) is 0. The Morgan fingerprint density at radius 1 is 0.278 bits per heavy atom. The summed E-state index contributed by atoms with van der Waals surface area (Å²) in [7, 11) is 0. The molecule has 0 N–H and O–H groups in total. The molecule has 14 rings (SSSR count). The molecule has 1 heteroatoms. The number of benzene rings is 12. The SMILES string of the molecule is CC1(c2ccccc2)c2ccccc2-c2c(N(c3ccc(-c4c(-c5ccccc5)c5ccccc5c5ccccc45)cc3)c3ccc4c(c3)C(c3ccccc3)(c3ccccc3)c3ccccc3-4)cccc21. The van der Waals surface area contributed by atoms with Crippen molar-refractivity contribution in [1.29, 1.82) is 0 Å². The molecule has 12 aromatic rings. The minimum atomic E-state index is -0.553. The molecule has 1 unspecified atom stereocenters. The molecule has 338 valence electrons. The highest BCUT2D eigenvalue weighted by Crippen LogP contribution is 2.60. The van der Waals surface area contributed by atoms with Crippen LogP contribution in [0.4, 0.5) is 17.1 Å². The first kappa shape index (κ1) is 41.9. The van der Waals surface area contributed by atoms with Crippen LogP contribution in [0.5, 0.6) is 0 Å². The Bertz CT molecular complexity index is 3990. The van der Waals surface area contributed by atoms with Crippen molar-refractivity contribution in [1.82, 2.24) is 0 Å². The molecular weight excluding hydrogens is 867 g/mol. The van der Waals surface area contributed by atoms with E-state index < -0.39 is 5.41 Å². The number of hydrogen-bond acceptors (Lipinski definition) is 1. The molecule has 2 aliphatic rings. The minimum Gasteiger partial charge on any atom is -0.310 e. The predicted molar refractivity (Wildman–Crippen MR) is 302 cm³/mol. The molecule has 0 heterocycles. The Morgan fingerprint density at radius 3 is 1.33 bits per heavy atom. The fourth-order valence-corrected chi connectivity index (χ4v) is 12.9. The number of rotatable bonds is 8. The van der Waals surface area contributed by atoms with E-state index in [-0.39, 0.29) is 5.41 Å². The van der Waals surface area contributed by atoms with Gasteiger partial charge in [-0.25, -0.2) is 0 Å². The van der Waals surface area contributed by atoms with E-state index in [0.717, 1.165) is 17.1 Å². The zero-order chi connectivity index (χ0) is 47.8. The van der Waals surface area contributed by atoms with Crippen molar-refractivity contribution in [3.8, 4) is 44.5 Å². The van der Waals surface area contributed by atoms with Gasteiger partial charge in [-0.1, -0.05) is 249 Å². The number of fused-ring (bicyclic) bond motifs is 9. The monoisotopic (exact) mass is 915 g/mol. The first-order chi connectivity index (χ1) is 35.6. The summed E-state index contributed by atoms with van der Waals surface area (Å²) < 4.78 is 0. The summed E-state index contributed by atoms with van der Waals surface area (Å²) in [6.07, 6.45) is 0. The van der Waals surface area contributed by atoms with Gasteiger partial charge in [-0.3, -0.25) is 0 Å². The van der Waals surface area contributed by atoms with Crippen molar-refractivity contribution in [2.75, 3.05) is 4.90 Å². The Morgan fingerprint density at radius 2 is 0.722 bits per heavy atom. The Kier molecular flexibility index (Phi) is 9.63. The standard InChI is InChI=1S/C71H49N/c1-70(50-25-8-3-9-26-50)62-37-20-19-36-61(62)69-64(70)39-22-40-66(69)72(54-45-46-58-57-33-18-21-38-63(57)71(65(58)47-54,51-27-10-4-11-28-51)52-29-12-5-13-30-52)53-43-41-49(42-44-53)68-60-35-17-15-32-56(60)55-31-14-16-34-59(55)67(68)48-23-6-2-7-24-48/h2-47H,1H3. The van der Waals surface area contributed by atoms with Gasteiger partial charge in [-0.15, -0.1) is 0 Å². The second kappa shape index (κ2) is 16.5. The van der Waals surface area contributed by atoms with Gasteiger partial charge < -0.3 is 4.90 Å². The largest absolute Gasteiger partial charge is 0.310 e. The van der Waals surface area contributed by atoms with Crippen molar-refractivity contribution in [3.05, 3.63) is 318 Å². The van der Waals surface area contributed by atoms with Gasteiger partial charge >= 0.3 is 0 Å². The van der Waals surface area contributed by atoms with E-state index in [4.69, 9.17) is 0 Å². The lowest BCUT2D eigenvalue weighted by molar-refractivity contribution is 0.714. The summed E-state index contributed by atoms with van der Waals surface area (Å²) in [5.74, 6) is 0. The van der Waals surface area contributed by atoms with E-state index in [1.165, 1.54) is 105 Å². The van der Waals surface area contributed by atoms with E-state index in [9.17, 15) is 0 Å². The number of nitrogens with zero attached hydrogens (tertiary/aromatic N) is 1. The van der Waals surface area contributed by atoms with E-state index in [0.29, 0.717) is 0 Å². The minimum absolute atomic E-state index is 0.362. The Hall–Kier alpha value is -9.04. The van der Waals surface area contributed by atoms with Crippen LogP contribution in [0.15, 0.2) is 279 Å². The molecule has 72 heavy (non-hydrogen) atoms. The molecular formula is C71H49N. The van der Waals surface area contributed by atoms with Gasteiger partial charge in [0, 0.05) is 22.4 Å². The van der Waals surface area contributed by atoms with Crippen molar-refractivity contribution in [2.45, 2.75) is 17.8 Å². The normalized spacial score (nSPS) is 14.9. The van der Waals surface area contributed by atoms with E-state index in [2.05, 4.69) is 291 Å². The van der Waals surface area contributed by atoms with Crippen molar-refractivity contribution in [2.24, 2.45) is 0 Å². The highest BCUT2D eigenvalue weighted by Gasteiger charge is 2.47. The van der Waals surface area contributed by atoms with Gasteiger partial charge in [0.1, 0.15) is 0 Å². The van der Waals surface area contributed by atoms with Gasteiger partial charge in [0.2, 0.25) is 0 Å². The highest BCUT2D eigenvalue weighted by molar-refractivity contribution is 6.21. The molecule has 0 amide bonds. The topological polar surface area (TPSA) is 3.24 Å². The summed E-state index contributed by atoms with van der Waals surface area (Å²) in [4.78, 5) is 2.54. The second-order valence-electron chi connectivity index (χ2n) is 19.6. The molecule has 0 fully saturated rings. The van der Waals surface area contributed by atoms with Crippen LogP contribution < -0.4 is 4.90 Å². The summed E-state index contributed by atoms with van der Waals surface area (Å²) >= 11 is 0. The van der Waals surface area contributed by atoms with E-state index >= 15 is 0 Å². The van der Waals surface area contributed by atoms with Crippen molar-refractivity contribution >= 4 is 38.6 Å². The van der Waals surface area contributed by atoms with Crippen LogP contribution in [0.2, 0.25) is 0 Å². The van der Waals surface area contributed by atoms with Gasteiger partial charge in [-0.2, -0.15) is 0 Å². The Balaban J connectivity index is 1.04. The van der Waals surface area contributed by atoms with E-state index in [1.54, 1.807) is 0 Å². The fraction of sp³-hybridized carbons (Fsp3) is 0.0423. The zero-order valence-corrected chi connectivity index (χ0v) is 40.0. The van der Waals surface area contributed by atoms with Crippen LogP contribution in [-0.2, 0) is 10.8 Å². The zero-order valence-electron chi connectivity index (χ0n) is 40.0. The third-order valence-electron chi connectivity index (χ3n) is 16.0. The molecule has 2 aliphatic carbocycles. The molecule has 0 bridgehead atoms. The van der Waals surface area contributed by atoms with Gasteiger partial charge in [0.05, 0.1) is 11.1 Å². The first-order valence-electron chi connectivity index (χ1n) is 25.2. The highest BCUT2D eigenvalue weighted by atomic mass is 15.1. The molecule has 1 nitrogen and oxygen atoms in total. The number of anilines is 3. The molecule has 0 aliphatic heterocycles. The summed E-state index contributed by atoms with van der Waals surface area (Å²) in [6.45, 7) is 2.41. The average Bonchev–Trinajstić information content (AvgIpc) is 3.91. The third-order valence-corrected chi connectivity index (χ3v) is 16.0. The second-order valence-corrected chi connectivity index (χ2v) is 19.6. The van der Waals surface area contributed by atoms with Crippen LogP contribution in [0.1, 0.15) is 45.9 Å². The molecule has 0 spiro atoms. The lowest BCUT2D eigenvalue weighted by atomic mass is 9.67. The van der Waals surface area contributed by atoms with Crippen molar-refractivity contribution < 1.29 is 0 Å². The molecule has 1 atom stereocenters. The predicted octanol–water partition coefficient (Wildman–Crippen LogP) is 18.5. The average molecular weight is 916 g/mol. The molecule has 0 radical (unpaired) electrons. The first-order valence-corrected chi connectivity index (χ1v) is 25.2. The van der Waals surface area contributed by atoms with Crippen LogP contribution in [0.25, 0.3) is 66.1 Å². The summed E-state index contributed by atoms with van der Waals surface area (Å²) in [5.41, 5.74) is 21.3.